The van der Waals surface area contributed by atoms with Crippen LogP contribution in [0.1, 0.15) is 31.7 Å². The quantitative estimate of drug-likeness (QED) is 0.789. The average molecular weight is 204 g/mol. The lowest BCUT2D eigenvalue weighted by atomic mass is 9.99. The Balaban J connectivity index is 1.87. The van der Waals surface area contributed by atoms with Gasteiger partial charge in [-0.3, -0.25) is 10.6 Å². The van der Waals surface area contributed by atoms with Gasteiger partial charge in [-0.15, -0.1) is 0 Å². The molecule has 1 aromatic rings. The first-order valence-electron chi connectivity index (χ1n) is 5.82. The molecule has 0 aliphatic carbocycles. The van der Waals surface area contributed by atoms with Crippen LogP contribution in [0.25, 0.3) is 0 Å². The molecule has 1 saturated heterocycles. The third-order valence-corrected chi connectivity index (χ3v) is 3.14. The molecule has 1 aliphatic heterocycles. The van der Waals surface area contributed by atoms with Crippen molar-refractivity contribution in [2.75, 3.05) is 6.54 Å². The van der Waals surface area contributed by atoms with E-state index in [1.54, 1.807) is 0 Å². The third kappa shape index (κ3) is 3.05. The average Bonchev–Trinajstić information content (AvgIpc) is 2.29. The van der Waals surface area contributed by atoms with Crippen molar-refractivity contribution < 1.29 is 0 Å². The lowest BCUT2D eigenvalue weighted by molar-refractivity contribution is 0.221. The van der Waals surface area contributed by atoms with Crippen molar-refractivity contribution in [3.63, 3.8) is 0 Å². The van der Waals surface area contributed by atoms with Gasteiger partial charge in [-0.1, -0.05) is 30.3 Å². The van der Waals surface area contributed by atoms with Crippen LogP contribution in [0.2, 0.25) is 0 Å². The van der Waals surface area contributed by atoms with Crippen LogP contribution in [0.15, 0.2) is 30.3 Å². The molecule has 1 aliphatic rings. The summed E-state index contributed by atoms with van der Waals surface area (Å²) < 4.78 is 0. The van der Waals surface area contributed by atoms with Gasteiger partial charge in [0.2, 0.25) is 0 Å². The molecule has 2 nitrogen and oxygen atoms in total. The summed E-state index contributed by atoms with van der Waals surface area (Å²) >= 11 is 0. The van der Waals surface area contributed by atoms with Gasteiger partial charge in [0.15, 0.2) is 0 Å². The van der Waals surface area contributed by atoms with Gasteiger partial charge in [0, 0.05) is 6.54 Å². The van der Waals surface area contributed by atoms with Gasteiger partial charge in [-0.05, 0) is 38.3 Å². The molecule has 1 atom stereocenters. The van der Waals surface area contributed by atoms with Crippen molar-refractivity contribution in [3.05, 3.63) is 35.9 Å². The molecule has 0 bridgehead atoms. The van der Waals surface area contributed by atoms with Crippen molar-refractivity contribution in [1.29, 1.82) is 0 Å². The molecule has 2 N–H and O–H groups in total. The summed E-state index contributed by atoms with van der Waals surface area (Å²) in [6, 6.07) is 10.6. The third-order valence-electron chi connectivity index (χ3n) is 3.14. The maximum Gasteiger partial charge on any atom is 0.0660 e. The van der Waals surface area contributed by atoms with E-state index in [0.717, 1.165) is 13.1 Å². The summed E-state index contributed by atoms with van der Waals surface area (Å²) in [5.74, 6) is 0. The van der Waals surface area contributed by atoms with E-state index in [9.17, 15) is 0 Å². The highest BCUT2D eigenvalue weighted by atomic mass is 15.2. The molecule has 15 heavy (non-hydrogen) atoms. The molecule has 82 valence electrons. The molecule has 1 heterocycles. The second-order valence-corrected chi connectivity index (χ2v) is 4.56. The van der Waals surface area contributed by atoms with Gasteiger partial charge in [-0.2, -0.15) is 0 Å². The summed E-state index contributed by atoms with van der Waals surface area (Å²) in [5.41, 5.74) is 1.49. The van der Waals surface area contributed by atoms with Crippen LogP contribution in [-0.2, 0) is 6.54 Å². The summed E-state index contributed by atoms with van der Waals surface area (Å²) in [6.07, 6.45) is 3.85. The van der Waals surface area contributed by atoms with E-state index < -0.39 is 0 Å². The van der Waals surface area contributed by atoms with Crippen LogP contribution < -0.4 is 10.6 Å². The molecular formula is C13H20N2. The molecule has 0 spiro atoms. The fourth-order valence-corrected chi connectivity index (χ4v) is 2.10. The highest BCUT2D eigenvalue weighted by Gasteiger charge is 2.24. The monoisotopic (exact) mass is 204 g/mol. The highest BCUT2D eigenvalue weighted by molar-refractivity contribution is 5.14. The molecule has 0 amide bonds. The van der Waals surface area contributed by atoms with E-state index in [0.29, 0.717) is 0 Å². The van der Waals surface area contributed by atoms with E-state index in [-0.39, 0.29) is 5.66 Å². The van der Waals surface area contributed by atoms with E-state index >= 15 is 0 Å². The van der Waals surface area contributed by atoms with Crippen molar-refractivity contribution in [3.8, 4) is 0 Å². The van der Waals surface area contributed by atoms with E-state index in [4.69, 9.17) is 0 Å². The lowest BCUT2D eigenvalue weighted by Gasteiger charge is -2.36. The Morgan fingerprint density at radius 1 is 1.27 bits per heavy atom. The number of piperidine rings is 1. The Bertz CT molecular complexity index is 289. The van der Waals surface area contributed by atoms with Gasteiger partial charge >= 0.3 is 0 Å². The second-order valence-electron chi connectivity index (χ2n) is 4.56. The highest BCUT2D eigenvalue weighted by Crippen LogP contribution is 2.16. The summed E-state index contributed by atoms with van der Waals surface area (Å²) in [7, 11) is 0. The first-order valence-corrected chi connectivity index (χ1v) is 5.82. The first kappa shape index (κ1) is 10.7. The summed E-state index contributed by atoms with van der Waals surface area (Å²) in [4.78, 5) is 0. The van der Waals surface area contributed by atoms with Crippen LogP contribution in [0.5, 0.6) is 0 Å². The predicted molar refractivity (Wildman–Crippen MR) is 63.5 cm³/mol. The van der Waals surface area contributed by atoms with Crippen molar-refractivity contribution in [2.24, 2.45) is 0 Å². The van der Waals surface area contributed by atoms with Crippen LogP contribution >= 0.6 is 0 Å². The zero-order valence-corrected chi connectivity index (χ0v) is 9.42. The molecule has 2 rings (SSSR count). The van der Waals surface area contributed by atoms with Gasteiger partial charge in [0.25, 0.3) is 0 Å². The number of rotatable bonds is 3. The smallest absolute Gasteiger partial charge is 0.0660 e. The van der Waals surface area contributed by atoms with Crippen molar-refractivity contribution in [2.45, 2.75) is 38.4 Å². The predicted octanol–water partition coefficient (Wildman–Crippen LogP) is 2.27. The van der Waals surface area contributed by atoms with E-state index in [2.05, 4.69) is 47.9 Å². The van der Waals surface area contributed by atoms with Gasteiger partial charge < -0.3 is 0 Å². The number of nitrogens with one attached hydrogen (secondary N) is 2. The lowest BCUT2D eigenvalue weighted by Crippen LogP contribution is -2.56. The molecule has 2 heteroatoms. The Kier molecular flexibility index (Phi) is 3.39. The normalized spacial score (nSPS) is 26.5. The fraction of sp³-hybridized carbons (Fsp3) is 0.538. The number of benzene rings is 1. The SMILES string of the molecule is CC1(NCc2ccccc2)CCCCN1. The van der Waals surface area contributed by atoms with Gasteiger partial charge in [0.1, 0.15) is 0 Å². The first-order chi connectivity index (χ1) is 7.29. The minimum Gasteiger partial charge on any atom is -0.300 e. The van der Waals surface area contributed by atoms with E-state index in [1.807, 2.05) is 0 Å². The topological polar surface area (TPSA) is 24.1 Å². The van der Waals surface area contributed by atoms with Crippen molar-refractivity contribution >= 4 is 0 Å². The maximum absolute atomic E-state index is 3.60. The Labute approximate surface area is 92.1 Å². The maximum atomic E-state index is 3.60. The zero-order chi connectivity index (χ0) is 10.6. The molecule has 1 unspecified atom stereocenters. The molecule has 0 radical (unpaired) electrons. The number of hydrogen-bond acceptors (Lipinski definition) is 2. The summed E-state index contributed by atoms with van der Waals surface area (Å²) in [5, 5.41) is 7.16. The minimum absolute atomic E-state index is 0.133. The van der Waals surface area contributed by atoms with Crippen molar-refractivity contribution in [1.82, 2.24) is 10.6 Å². The Hall–Kier alpha value is -0.860. The minimum atomic E-state index is 0.133. The van der Waals surface area contributed by atoms with E-state index in [1.165, 1.54) is 24.8 Å². The second kappa shape index (κ2) is 4.77. The zero-order valence-electron chi connectivity index (χ0n) is 9.42. The Morgan fingerprint density at radius 2 is 2.07 bits per heavy atom. The summed E-state index contributed by atoms with van der Waals surface area (Å²) in [6.45, 7) is 4.34. The molecule has 0 saturated carbocycles. The van der Waals surface area contributed by atoms with Crippen LogP contribution in [0.3, 0.4) is 0 Å². The van der Waals surface area contributed by atoms with Crippen LogP contribution in [0, 0.1) is 0 Å². The van der Waals surface area contributed by atoms with Crippen LogP contribution in [0.4, 0.5) is 0 Å². The van der Waals surface area contributed by atoms with Gasteiger partial charge in [-0.25, -0.2) is 0 Å². The molecular weight excluding hydrogens is 184 g/mol. The fourth-order valence-electron chi connectivity index (χ4n) is 2.10. The molecule has 1 fully saturated rings. The largest absolute Gasteiger partial charge is 0.300 e. The number of hydrogen-bond donors (Lipinski definition) is 2. The Morgan fingerprint density at radius 3 is 2.73 bits per heavy atom. The van der Waals surface area contributed by atoms with Gasteiger partial charge in [0.05, 0.1) is 5.66 Å². The molecule has 1 aromatic carbocycles. The van der Waals surface area contributed by atoms with Crippen LogP contribution in [-0.4, -0.2) is 12.2 Å². The standard InChI is InChI=1S/C13H20N2/c1-13(9-5-6-10-14-13)15-11-12-7-3-2-4-8-12/h2-4,7-8,14-15H,5-6,9-11H2,1H3. The molecule has 0 aromatic heterocycles.